The van der Waals surface area contributed by atoms with Gasteiger partial charge in [0.05, 0.1) is 9.50 Å². The molecule has 0 spiro atoms. The third kappa shape index (κ3) is 1.93. The summed E-state index contributed by atoms with van der Waals surface area (Å²) in [6.45, 7) is 0. The van der Waals surface area contributed by atoms with E-state index in [2.05, 4.69) is 15.9 Å². The molecule has 0 aliphatic carbocycles. The maximum absolute atomic E-state index is 12.7. The van der Waals surface area contributed by atoms with Crippen molar-refractivity contribution in [2.75, 3.05) is 0 Å². The molecule has 0 bridgehead atoms. The van der Waals surface area contributed by atoms with Gasteiger partial charge in [0.15, 0.2) is 0 Å². The second-order valence-corrected chi connectivity index (χ2v) is 3.30. The SMILES string of the molecule is Fc1cc(C(F)F)cc(Cl)c1Br. The second-order valence-electron chi connectivity index (χ2n) is 2.10. The summed E-state index contributed by atoms with van der Waals surface area (Å²) in [5.41, 5.74) is -0.416. The molecule has 0 unspecified atom stereocenters. The molecule has 1 aromatic rings. The van der Waals surface area contributed by atoms with Crippen LogP contribution in [0.25, 0.3) is 0 Å². The lowest BCUT2D eigenvalue weighted by Crippen LogP contribution is -1.87. The van der Waals surface area contributed by atoms with Crippen LogP contribution in [-0.2, 0) is 0 Å². The average molecular weight is 259 g/mol. The van der Waals surface area contributed by atoms with Crippen molar-refractivity contribution >= 4 is 27.5 Å². The predicted molar refractivity (Wildman–Crippen MR) is 44.1 cm³/mol. The molecule has 0 saturated carbocycles. The molecule has 5 heteroatoms. The standard InChI is InChI=1S/C7H3BrClF3/c8-6-4(9)1-3(7(11)12)2-5(6)10/h1-2,7H. The van der Waals surface area contributed by atoms with Crippen molar-refractivity contribution in [1.29, 1.82) is 0 Å². The fourth-order valence-electron chi connectivity index (χ4n) is 0.701. The Hall–Kier alpha value is -0.220. The first-order chi connectivity index (χ1) is 5.52. The number of benzene rings is 1. The summed E-state index contributed by atoms with van der Waals surface area (Å²) in [6, 6.07) is 1.78. The number of hydrogen-bond acceptors (Lipinski definition) is 0. The minimum absolute atomic E-state index is 0.00793. The van der Waals surface area contributed by atoms with Crippen LogP contribution in [0.2, 0.25) is 5.02 Å². The van der Waals surface area contributed by atoms with E-state index in [1.54, 1.807) is 0 Å². The van der Waals surface area contributed by atoms with Crippen LogP contribution in [0.4, 0.5) is 13.2 Å². The van der Waals surface area contributed by atoms with Crippen LogP contribution >= 0.6 is 27.5 Å². The zero-order chi connectivity index (χ0) is 9.30. The Balaban J connectivity index is 3.21. The zero-order valence-electron chi connectivity index (χ0n) is 5.62. The van der Waals surface area contributed by atoms with Crippen LogP contribution in [0.1, 0.15) is 12.0 Å². The Morgan fingerprint density at radius 1 is 1.33 bits per heavy atom. The number of hydrogen-bond donors (Lipinski definition) is 0. The summed E-state index contributed by atoms with van der Waals surface area (Å²) in [4.78, 5) is 0. The van der Waals surface area contributed by atoms with E-state index in [-0.39, 0.29) is 9.50 Å². The van der Waals surface area contributed by atoms with Gasteiger partial charge in [-0.2, -0.15) is 0 Å². The molecule has 0 radical (unpaired) electrons. The maximum Gasteiger partial charge on any atom is 0.264 e. The van der Waals surface area contributed by atoms with Crippen molar-refractivity contribution in [2.24, 2.45) is 0 Å². The Morgan fingerprint density at radius 3 is 2.33 bits per heavy atom. The van der Waals surface area contributed by atoms with E-state index < -0.39 is 17.8 Å². The van der Waals surface area contributed by atoms with Gasteiger partial charge in [-0.3, -0.25) is 0 Å². The minimum atomic E-state index is -2.70. The molecule has 0 N–H and O–H groups in total. The molecule has 12 heavy (non-hydrogen) atoms. The van der Waals surface area contributed by atoms with Crippen molar-refractivity contribution in [3.8, 4) is 0 Å². The first kappa shape index (κ1) is 9.86. The molecule has 0 heterocycles. The van der Waals surface area contributed by atoms with Gasteiger partial charge < -0.3 is 0 Å². The molecule has 0 aromatic heterocycles. The highest BCUT2D eigenvalue weighted by atomic mass is 79.9. The van der Waals surface area contributed by atoms with Gasteiger partial charge in [-0.05, 0) is 28.1 Å². The van der Waals surface area contributed by atoms with Crippen LogP contribution in [0.3, 0.4) is 0 Å². The van der Waals surface area contributed by atoms with Gasteiger partial charge in [0.25, 0.3) is 6.43 Å². The van der Waals surface area contributed by atoms with E-state index in [9.17, 15) is 13.2 Å². The molecule has 0 atom stereocenters. The molecule has 0 nitrogen and oxygen atoms in total. The van der Waals surface area contributed by atoms with Gasteiger partial charge in [-0.25, -0.2) is 13.2 Å². The Labute approximate surface area is 80.5 Å². The van der Waals surface area contributed by atoms with Crippen molar-refractivity contribution < 1.29 is 13.2 Å². The topological polar surface area (TPSA) is 0 Å². The largest absolute Gasteiger partial charge is 0.264 e. The Morgan fingerprint density at radius 2 is 1.92 bits per heavy atom. The lowest BCUT2D eigenvalue weighted by atomic mass is 10.2. The van der Waals surface area contributed by atoms with Crippen LogP contribution in [-0.4, -0.2) is 0 Å². The summed E-state index contributed by atoms with van der Waals surface area (Å²) >= 11 is 8.25. The molecule has 1 aromatic carbocycles. The second kappa shape index (κ2) is 3.66. The Kier molecular flexibility index (Phi) is 3.01. The molecule has 66 valence electrons. The fourth-order valence-corrected chi connectivity index (χ4v) is 1.15. The van der Waals surface area contributed by atoms with E-state index in [0.29, 0.717) is 0 Å². The fraction of sp³-hybridized carbons (Fsp3) is 0.143. The van der Waals surface area contributed by atoms with Crippen LogP contribution in [0, 0.1) is 5.82 Å². The summed E-state index contributed by atoms with van der Waals surface area (Å²) in [7, 11) is 0. The van der Waals surface area contributed by atoms with Crippen molar-refractivity contribution in [1.82, 2.24) is 0 Å². The molecule has 0 aliphatic heterocycles. The normalized spacial score (nSPS) is 10.8. The van der Waals surface area contributed by atoms with E-state index in [4.69, 9.17) is 11.6 Å². The average Bonchev–Trinajstić information content (AvgIpc) is 1.99. The highest BCUT2D eigenvalue weighted by Crippen LogP contribution is 2.30. The van der Waals surface area contributed by atoms with Crippen molar-refractivity contribution in [3.05, 3.63) is 33.0 Å². The smallest absolute Gasteiger partial charge is 0.206 e. The molecule has 0 fully saturated rings. The lowest BCUT2D eigenvalue weighted by Gasteiger charge is -2.02. The van der Waals surface area contributed by atoms with Crippen LogP contribution in [0.15, 0.2) is 16.6 Å². The van der Waals surface area contributed by atoms with Gasteiger partial charge in [-0.1, -0.05) is 11.6 Å². The van der Waals surface area contributed by atoms with Gasteiger partial charge in [0.1, 0.15) is 5.82 Å². The lowest BCUT2D eigenvalue weighted by molar-refractivity contribution is 0.151. The molecule has 0 saturated heterocycles. The van der Waals surface area contributed by atoms with E-state index >= 15 is 0 Å². The number of rotatable bonds is 1. The summed E-state index contributed by atoms with van der Waals surface area (Å²) in [6.07, 6.45) is -2.70. The third-order valence-electron chi connectivity index (χ3n) is 1.26. The highest BCUT2D eigenvalue weighted by Gasteiger charge is 2.12. The van der Waals surface area contributed by atoms with Crippen LogP contribution < -0.4 is 0 Å². The molecule has 0 amide bonds. The van der Waals surface area contributed by atoms with Gasteiger partial charge in [0, 0.05) is 5.56 Å². The van der Waals surface area contributed by atoms with E-state index in [0.717, 1.165) is 12.1 Å². The quantitative estimate of drug-likeness (QED) is 0.664. The van der Waals surface area contributed by atoms with E-state index in [1.165, 1.54) is 0 Å². The minimum Gasteiger partial charge on any atom is -0.206 e. The zero-order valence-corrected chi connectivity index (χ0v) is 7.96. The van der Waals surface area contributed by atoms with Crippen LogP contribution in [0.5, 0.6) is 0 Å². The number of alkyl halides is 2. The van der Waals surface area contributed by atoms with Gasteiger partial charge >= 0.3 is 0 Å². The summed E-state index contributed by atoms with van der Waals surface area (Å²) in [5.74, 6) is -0.780. The van der Waals surface area contributed by atoms with Gasteiger partial charge in [0.2, 0.25) is 0 Å². The predicted octanol–water partition coefficient (Wildman–Crippen LogP) is 4.18. The third-order valence-corrected chi connectivity index (χ3v) is 2.59. The number of halogens is 5. The molecular formula is C7H3BrClF3. The first-order valence-corrected chi connectivity index (χ1v) is 4.12. The molecule has 0 aliphatic rings. The van der Waals surface area contributed by atoms with Crippen molar-refractivity contribution in [3.63, 3.8) is 0 Å². The maximum atomic E-state index is 12.7. The first-order valence-electron chi connectivity index (χ1n) is 2.95. The summed E-state index contributed by atoms with van der Waals surface area (Å²) in [5, 5.41) is -0.0506. The molecule has 1 rings (SSSR count). The molecular weight excluding hydrogens is 256 g/mol. The highest BCUT2D eigenvalue weighted by molar-refractivity contribution is 9.10. The monoisotopic (exact) mass is 258 g/mol. The van der Waals surface area contributed by atoms with E-state index in [1.807, 2.05) is 0 Å². The summed E-state index contributed by atoms with van der Waals surface area (Å²) < 4.78 is 36.8. The van der Waals surface area contributed by atoms with Crippen molar-refractivity contribution in [2.45, 2.75) is 6.43 Å². The van der Waals surface area contributed by atoms with Gasteiger partial charge in [-0.15, -0.1) is 0 Å². The Bertz CT molecular complexity index is 278.